The fourth-order valence-corrected chi connectivity index (χ4v) is 9.72. The first-order chi connectivity index (χ1) is 26.5. The SMILES string of the molecule is CCc1cccc2cc(OCOC)cc(-c3nc4c5c(nc(OC[C@]67CCCN6C[C@H](F)C7)nc5c3F)N3CC5CCC(C3CO4)N5C(=O)OC(C)(C)C)c12. The molecule has 0 N–H and O–H groups in total. The zero-order valence-corrected chi connectivity index (χ0v) is 32.1. The molecule has 12 nitrogen and oxygen atoms in total. The number of alkyl halides is 1. The van der Waals surface area contributed by atoms with Gasteiger partial charge in [0, 0.05) is 32.2 Å². The standard InChI is InChI=1S/C41H48F2N6O6/c1-6-23-9-7-10-24-15-27(54-22-51-5)16-28(31(23)24)34-33(43)35-32-36(46-38(45-35)53-21-41-13-8-14-47(41)18-25(42)17-41)48-19-26-11-12-29(30(48)20-52-37(32)44-34)49(26)39(50)55-40(2,3)4/h7,9-10,15-16,25-26,29-30H,6,8,11-14,17-22H2,1-5H3/t25-,26?,29?,30?,41-/m1/s1. The van der Waals surface area contributed by atoms with E-state index in [0.29, 0.717) is 48.4 Å². The quantitative estimate of drug-likeness (QED) is 0.176. The summed E-state index contributed by atoms with van der Waals surface area (Å²) < 4.78 is 62.3. The average molecular weight is 759 g/mol. The van der Waals surface area contributed by atoms with E-state index in [-0.39, 0.29) is 67.3 Å². The van der Waals surface area contributed by atoms with Crippen molar-refractivity contribution < 1.29 is 37.3 Å². The number of aromatic nitrogens is 3. The van der Waals surface area contributed by atoms with Gasteiger partial charge in [0.15, 0.2) is 12.6 Å². The largest absolute Gasteiger partial charge is 0.475 e. The second-order valence-corrected chi connectivity index (χ2v) is 16.6. The summed E-state index contributed by atoms with van der Waals surface area (Å²) in [5, 5.41) is 2.05. The Morgan fingerprint density at radius 1 is 1.07 bits per heavy atom. The first-order valence-corrected chi connectivity index (χ1v) is 19.5. The van der Waals surface area contributed by atoms with Crippen molar-refractivity contribution in [2.45, 2.75) is 102 Å². The molecule has 3 unspecified atom stereocenters. The number of halogens is 2. The maximum atomic E-state index is 17.6. The topological polar surface area (TPSA) is 112 Å². The molecule has 55 heavy (non-hydrogen) atoms. The van der Waals surface area contributed by atoms with Crippen LogP contribution in [0.25, 0.3) is 32.9 Å². The summed E-state index contributed by atoms with van der Waals surface area (Å²) in [7, 11) is 1.54. The van der Waals surface area contributed by atoms with Crippen LogP contribution in [-0.4, -0.2) is 113 Å². The molecule has 0 spiro atoms. The van der Waals surface area contributed by atoms with Crippen LogP contribution in [-0.2, 0) is 15.9 Å². The maximum Gasteiger partial charge on any atom is 0.410 e. The van der Waals surface area contributed by atoms with Gasteiger partial charge in [-0.15, -0.1) is 0 Å². The lowest BCUT2D eigenvalue weighted by molar-refractivity contribution is 0.00537. The summed E-state index contributed by atoms with van der Waals surface area (Å²) in [6.07, 6.45) is 3.08. The van der Waals surface area contributed by atoms with Crippen LogP contribution in [0, 0.1) is 5.82 Å². The molecule has 5 atom stereocenters. The maximum absolute atomic E-state index is 17.6. The van der Waals surface area contributed by atoms with Gasteiger partial charge < -0.3 is 28.6 Å². The second-order valence-electron chi connectivity index (χ2n) is 16.6. The Morgan fingerprint density at radius 2 is 1.93 bits per heavy atom. The molecule has 292 valence electrons. The monoisotopic (exact) mass is 758 g/mol. The number of amides is 1. The molecule has 7 heterocycles. The van der Waals surface area contributed by atoms with Crippen molar-refractivity contribution in [1.29, 1.82) is 0 Å². The molecule has 4 aromatic rings. The highest BCUT2D eigenvalue weighted by Gasteiger charge is 2.52. The van der Waals surface area contributed by atoms with Gasteiger partial charge in [0.05, 0.1) is 23.7 Å². The van der Waals surface area contributed by atoms with Crippen LogP contribution >= 0.6 is 0 Å². The van der Waals surface area contributed by atoms with Gasteiger partial charge in [0.2, 0.25) is 5.88 Å². The van der Waals surface area contributed by atoms with E-state index < -0.39 is 23.1 Å². The second kappa shape index (κ2) is 13.6. The van der Waals surface area contributed by atoms with Crippen molar-refractivity contribution in [2.75, 3.05) is 51.7 Å². The van der Waals surface area contributed by atoms with Gasteiger partial charge in [-0.25, -0.2) is 18.6 Å². The van der Waals surface area contributed by atoms with Crippen LogP contribution in [0.15, 0.2) is 30.3 Å². The van der Waals surface area contributed by atoms with Gasteiger partial charge in [0.25, 0.3) is 0 Å². The molecule has 4 fully saturated rings. The molecule has 4 saturated heterocycles. The van der Waals surface area contributed by atoms with Gasteiger partial charge >= 0.3 is 12.1 Å². The fourth-order valence-electron chi connectivity index (χ4n) is 9.72. The van der Waals surface area contributed by atoms with Crippen molar-refractivity contribution in [3.05, 3.63) is 41.7 Å². The number of ether oxygens (including phenoxy) is 5. The van der Waals surface area contributed by atoms with Gasteiger partial charge in [-0.3, -0.25) is 9.80 Å². The Hall–Kier alpha value is -4.56. The molecule has 2 aromatic heterocycles. The van der Waals surface area contributed by atoms with Crippen LogP contribution < -0.4 is 19.1 Å². The molecule has 0 radical (unpaired) electrons. The number of benzene rings is 2. The van der Waals surface area contributed by atoms with Crippen LogP contribution in [0.1, 0.15) is 65.4 Å². The highest BCUT2D eigenvalue weighted by atomic mass is 19.1. The average Bonchev–Trinajstić information content (AvgIpc) is 3.76. The Labute approximate surface area is 319 Å². The zero-order chi connectivity index (χ0) is 38.2. The van der Waals surface area contributed by atoms with Crippen molar-refractivity contribution in [3.63, 3.8) is 0 Å². The number of hydrogen-bond donors (Lipinski definition) is 0. The molecular formula is C41H48F2N6O6. The van der Waals surface area contributed by atoms with E-state index in [0.717, 1.165) is 48.6 Å². The highest BCUT2D eigenvalue weighted by Crippen LogP contribution is 2.47. The molecule has 9 rings (SSSR count). The van der Waals surface area contributed by atoms with E-state index in [4.69, 9.17) is 38.6 Å². The molecular weight excluding hydrogens is 710 g/mol. The number of pyridine rings is 1. The normalized spacial score (nSPS) is 25.9. The minimum Gasteiger partial charge on any atom is -0.475 e. The number of anilines is 1. The third-order valence-electron chi connectivity index (χ3n) is 12.0. The van der Waals surface area contributed by atoms with E-state index >= 15 is 4.39 Å². The van der Waals surface area contributed by atoms with Crippen molar-refractivity contribution in [2.24, 2.45) is 0 Å². The number of piperazine rings is 1. The van der Waals surface area contributed by atoms with E-state index in [2.05, 4.69) is 16.7 Å². The van der Waals surface area contributed by atoms with Gasteiger partial charge in [0.1, 0.15) is 53.2 Å². The van der Waals surface area contributed by atoms with Crippen LogP contribution in [0.3, 0.4) is 0 Å². The lowest BCUT2D eigenvalue weighted by Gasteiger charge is -2.46. The molecule has 0 aliphatic carbocycles. The van der Waals surface area contributed by atoms with E-state index in [1.54, 1.807) is 13.2 Å². The van der Waals surface area contributed by atoms with Crippen molar-refractivity contribution in [1.82, 2.24) is 24.8 Å². The minimum atomic E-state index is -0.930. The molecule has 2 bridgehead atoms. The van der Waals surface area contributed by atoms with E-state index in [1.165, 1.54) is 0 Å². The summed E-state index contributed by atoms with van der Waals surface area (Å²) in [4.78, 5) is 34.4. The number of carbonyl (C=O) groups is 1. The Morgan fingerprint density at radius 3 is 2.73 bits per heavy atom. The summed E-state index contributed by atoms with van der Waals surface area (Å²) in [5.74, 6) is 0.495. The van der Waals surface area contributed by atoms with E-state index in [1.807, 2.05) is 49.9 Å². The van der Waals surface area contributed by atoms with E-state index in [9.17, 15) is 9.18 Å². The van der Waals surface area contributed by atoms with Crippen molar-refractivity contribution >= 4 is 33.6 Å². The summed E-state index contributed by atoms with van der Waals surface area (Å²) in [6, 6.07) is 8.94. The lowest BCUT2D eigenvalue weighted by atomic mass is 9.94. The third kappa shape index (κ3) is 6.16. The summed E-state index contributed by atoms with van der Waals surface area (Å²) >= 11 is 0. The number of nitrogens with zero attached hydrogens (tertiary/aromatic N) is 6. The minimum absolute atomic E-state index is 0.00638. The number of carbonyl (C=O) groups excluding carboxylic acids is 1. The molecule has 2 aromatic carbocycles. The number of hydrogen-bond acceptors (Lipinski definition) is 11. The molecule has 5 aliphatic heterocycles. The van der Waals surface area contributed by atoms with Crippen LogP contribution in [0.2, 0.25) is 0 Å². The summed E-state index contributed by atoms with van der Waals surface area (Å²) in [6.45, 7) is 9.64. The van der Waals surface area contributed by atoms with Crippen LogP contribution in [0.4, 0.5) is 19.4 Å². The zero-order valence-electron chi connectivity index (χ0n) is 32.1. The smallest absolute Gasteiger partial charge is 0.410 e. The highest BCUT2D eigenvalue weighted by molar-refractivity contribution is 6.03. The first-order valence-electron chi connectivity index (χ1n) is 19.5. The number of aryl methyl sites for hydroxylation is 1. The predicted molar refractivity (Wildman–Crippen MR) is 202 cm³/mol. The third-order valence-corrected chi connectivity index (χ3v) is 12.0. The molecule has 5 aliphatic rings. The van der Waals surface area contributed by atoms with Crippen LogP contribution in [0.5, 0.6) is 17.6 Å². The lowest BCUT2D eigenvalue weighted by Crippen LogP contribution is -2.63. The fraction of sp³-hybridized carbons (Fsp3) is 0.561. The molecule has 14 heteroatoms. The number of methoxy groups -OCH3 is 1. The van der Waals surface area contributed by atoms with Gasteiger partial charge in [-0.2, -0.15) is 9.97 Å². The predicted octanol–water partition coefficient (Wildman–Crippen LogP) is 6.83. The summed E-state index contributed by atoms with van der Waals surface area (Å²) in [5.41, 5.74) is 0.506. The number of fused-ring (bicyclic) bond motifs is 7. The van der Waals surface area contributed by atoms with Gasteiger partial charge in [-0.1, -0.05) is 25.1 Å². The molecule has 0 saturated carbocycles. The Kier molecular flexibility index (Phi) is 8.91. The Bertz CT molecular complexity index is 2170. The Balaban J connectivity index is 1.20. The van der Waals surface area contributed by atoms with Crippen molar-refractivity contribution in [3.8, 4) is 28.9 Å². The van der Waals surface area contributed by atoms with Gasteiger partial charge in [-0.05, 0) is 87.9 Å². The number of rotatable bonds is 8. The first kappa shape index (κ1) is 36.1. The molecule has 1 amide bonds.